The van der Waals surface area contributed by atoms with E-state index in [0.717, 1.165) is 4.47 Å². The molecule has 0 aliphatic heterocycles. The zero-order valence-electron chi connectivity index (χ0n) is 8.68. The molecule has 1 atom stereocenters. The predicted octanol–water partition coefficient (Wildman–Crippen LogP) is 1.75. The number of hydrogen-bond acceptors (Lipinski definition) is 4. The van der Waals surface area contributed by atoms with E-state index < -0.39 is 12.1 Å². The average Bonchev–Trinajstić information content (AvgIpc) is 2.27. The maximum Gasteiger partial charge on any atom is 0.348 e. The average molecular weight is 311 g/mol. The Kier molecular flexibility index (Phi) is 7.12. The molecule has 6 heteroatoms. The second-order valence-electron chi connectivity index (χ2n) is 2.82. The summed E-state index contributed by atoms with van der Waals surface area (Å²) in [7, 11) is 1.30. The lowest BCUT2D eigenvalue weighted by Crippen LogP contribution is -2.35. The third kappa shape index (κ3) is 4.38. The Labute approximate surface area is 109 Å². The van der Waals surface area contributed by atoms with Gasteiger partial charge in [0.2, 0.25) is 6.10 Å². The van der Waals surface area contributed by atoms with Gasteiger partial charge >= 0.3 is 5.97 Å². The molecular weight excluding hydrogens is 297 g/mol. The summed E-state index contributed by atoms with van der Waals surface area (Å²) in [4.78, 5) is 11.2. The van der Waals surface area contributed by atoms with Crippen molar-refractivity contribution in [3.8, 4) is 5.75 Å². The highest BCUT2D eigenvalue weighted by Crippen LogP contribution is 2.17. The van der Waals surface area contributed by atoms with Crippen molar-refractivity contribution in [2.45, 2.75) is 6.10 Å². The van der Waals surface area contributed by atoms with Gasteiger partial charge < -0.3 is 15.2 Å². The topological polar surface area (TPSA) is 61.5 Å². The van der Waals surface area contributed by atoms with Crippen LogP contribution in [0.4, 0.5) is 0 Å². The number of nitrogens with two attached hydrogens (primary N) is 1. The summed E-state index contributed by atoms with van der Waals surface area (Å²) in [5.74, 6) is 0.111. The summed E-state index contributed by atoms with van der Waals surface area (Å²) in [6, 6.07) is 7.13. The van der Waals surface area contributed by atoms with Crippen molar-refractivity contribution in [3.63, 3.8) is 0 Å². The summed E-state index contributed by atoms with van der Waals surface area (Å²) in [5.41, 5.74) is 5.39. The fourth-order valence-corrected chi connectivity index (χ4v) is 1.27. The second-order valence-corrected chi connectivity index (χ2v) is 3.73. The molecule has 4 nitrogen and oxygen atoms in total. The lowest BCUT2D eigenvalue weighted by Gasteiger charge is -2.14. The van der Waals surface area contributed by atoms with Crippen molar-refractivity contribution in [1.29, 1.82) is 0 Å². The zero-order chi connectivity index (χ0) is 11.3. The van der Waals surface area contributed by atoms with Crippen LogP contribution < -0.4 is 10.5 Å². The van der Waals surface area contributed by atoms with Gasteiger partial charge in [0, 0.05) is 11.0 Å². The van der Waals surface area contributed by atoms with Crippen LogP contribution >= 0.6 is 28.3 Å². The fraction of sp³-hybridized carbons (Fsp3) is 0.300. The van der Waals surface area contributed by atoms with Crippen molar-refractivity contribution in [2.75, 3.05) is 13.7 Å². The molecule has 0 saturated heterocycles. The minimum absolute atomic E-state index is 0. The predicted molar refractivity (Wildman–Crippen MR) is 66.9 cm³/mol. The first kappa shape index (κ1) is 15.2. The Hall–Kier alpha value is -0.780. The summed E-state index contributed by atoms with van der Waals surface area (Å²) < 4.78 is 10.8. The van der Waals surface area contributed by atoms with E-state index in [1.165, 1.54) is 7.11 Å². The number of ether oxygens (including phenoxy) is 2. The first-order chi connectivity index (χ1) is 7.17. The SMILES string of the molecule is COC(=O)C(CN)Oc1ccc(Br)cc1.Cl. The highest BCUT2D eigenvalue weighted by Gasteiger charge is 2.18. The van der Waals surface area contributed by atoms with E-state index in [-0.39, 0.29) is 19.0 Å². The monoisotopic (exact) mass is 309 g/mol. The van der Waals surface area contributed by atoms with Crippen molar-refractivity contribution in [3.05, 3.63) is 28.7 Å². The van der Waals surface area contributed by atoms with Gasteiger partial charge in [0.1, 0.15) is 5.75 Å². The molecule has 0 bridgehead atoms. The number of rotatable bonds is 4. The van der Waals surface area contributed by atoms with Gasteiger partial charge in [0.05, 0.1) is 7.11 Å². The lowest BCUT2D eigenvalue weighted by molar-refractivity contribution is -0.148. The zero-order valence-corrected chi connectivity index (χ0v) is 11.1. The molecule has 0 aromatic heterocycles. The standard InChI is InChI=1S/C10H12BrNO3.ClH/c1-14-10(13)9(6-12)15-8-4-2-7(11)3-5-8;/h2-5,9H,6,12H2,1H3;1H. The van der Waals surface area contributed by atoms with E-state index in [1.807, 2.05) is 12.1 Å². The maximum absolute atomic E-state index is 11.2. The third-order valence-electron chi connectivity index (χ3n) is 1.77. The summed E-state index contributed by atoms with van der Waals surface area (Å²) >= 11 is 3.30. The first-order valence-corrected chi connectivity index (χ1v) is 5.16. The molecule has 0 fully saturated rings. The molecular formula is C10H13BrClNO3. The van der Waals surface area contributed by atoms with Gasteiger partial charge in [-0.1, -0.05) is 15.9 Å². The van der Waals surface area contributed by atoms with E-state index in [4.69, 9.17) is 10.5 Å². The largest absolute Gasteiger partial charge is 0.477 e. The number of carbonyl (C=O) groups is 1. The summed E-state index contributed by atoms with van der Waals surface area (Å²) in [5, 5.41) is 0. The van der Waals surface area contributed by atoms with Crippen LogP contribution in [0.2, 0.25) is 0 Å². The Morgan fingerprint density at radius 3 is 2.44 bits per heavy atom. The third-order valence-corrected chi connectivity index (χ3v) is 2.30. The van der Waals surface area contributed by atoms with E-state index in [2.05, 4.69) is 20.7 Å². The van der Waals surface area contributed by atoms with Crippen LogP contribution in [-0.4, -0.2) is 25.7 Å². The van der Waals surface area contributed by atoms with Crippen LogP contribution in [0.15, 0.2) is 28.7 Å². The van der Waals surface area contributed by atoms with E-state index in [0.29, 0.717) is 5.75 Å². The molecule has 1 aromatic carbocycles. The quantitative estimate of drug-likeness (QED) is 0.861. The van der Waals surface area contributed by atoms with Crippen molar-refractivity contribution in [1.82, 2.24) is 0 Å². The van der Waals surface area contributed by atoms with Gasteiger partial charge in [0.15, 0.2) is 0 Å². The smallest absolute Gasteiger partial charge is 0.348 e. The summed E-state index contributed by atoms with van der Waals surface area (Å²) in [6.07, 6.45) is -0.754. The number of carbonyl (C=O) groups excluding carboxylic acids is 1. The summed E-state index contributed by atoms with van der Waals surface area (Å²) in [6.45, 7) is 0.0860. The number of hydrogen-bond donors (Lipinski definition) is 1. The lowest BCUT2D eigenvalue weighted by atomic mass is 10.3. The van der Waals surface area contributed by atoms with Gasteiger partial charge in [-0.3, -0.25) is 0 Å². The number of benzene rings is 1. The Balaban J connectivity index is 0.00000225. The van der Waals surface area contributed by atoms with Crippen LogP contribution in [0.3, 0.4) is 0 Å². The van der Waals surface area contributed by atoms with Crippen LogP contribution in [0.1, 0.15) is 0 Å². The van der Waals surface area contributed by atoms with Gasteiger partial charge in [-0.05, 0) is 24.3 Å². The molecule has 0 aliphatic carbocycles. The highest BCUT2D eigenvalue weighted by atomic mass is 79.9. The molecule has 0 radical (unpaired) electrons. The molecule has 16 heavy (non-hydrogen) atoms. The van der Waals surface area contributed by atoms with Gasteiger partial charge in [-0.25, -0.2) is 4.79 Å². The molecule has 0 aliphatic rings. The number of halogens is 2. The molecule has 1 aromatic rings. The molecule has 90 valence electrons. The van der Waals surface area contributed by atoms with Crippen LogP contribution in [0.5, 0.6) is 5.75 Å². The molecule has 1 unspecified atom stereocenters. The second kappa shape index (κ2) is 7.49. The highest BCUT2D eigenvalue weighted by molar-refractivity contribution is 9.10. The van der Waals surface area contributed by atoms with Crippen molar-refractivity contribution in [2.24, 2.45) is 5.73 Å². The van der Waals surface area contributed by atoms with Crippen molar-refractivity contribution < 1.29 is 14.3 Å². The van der Waals surface area contributed by atoms with Crippen LogP contribution in [-0.2, 0) is 9.53 Å². The molecule has 0 spiro atoms. The number of methoxy groups -OCH3 is 1. The van der Waals surface area contributed by atoms with E-state index in [1.54, 1.807) is 12.1 Å². The minimum Gasteiger partial charge on any atom is -0.477 e. The van der Waals surface area contributed by atoms with E-state index >= 15 is 0 Å². The Morgan fingerprint density at radius 2 is 2.00 bits per heavy atom. The minimum atomic E-state index is -0.754. The van der Waals surface area contributed by atoms with Gasteiger partial charge in [-0.2, -0.15) is 0 Å². The molecule has 2 N–H and O–H groups in total. The maximum atomic E-state index is 11.2. The first-order valence-electron chi connectivity index (χ1n) is 4.37. The normalized spacial score (nSPS) is 11.2. The van der Waals surface area contributed by atoms with Crippen LogP contribution in [0.25, 0.3) is 0 Å². The fourth-order valence-electron chi connectivity index (χ4n) is 1.00. The Bertz CT molecular complexity index is 331. The van der Waals surface area contributed by atoms with Gasteiger partial charge in [0.25, 0.3) is 0 Å². The van der Waals surface area contributed by atoms with Gasteiger partial charge in [-0.15, -0.1) is 12.4 Å². The van der Waals surface area contributed by atoms with Crippen LogP contribution in [0, 0.1) is 0 Å². The molecule has 0 saturated carbocycles. The number of esters is 1. The molecule has 0 heterocycles. The molecule has 1 rings (SSSR count). The Morgan fingerprint density at radius 1 is 1.44 bits per heavy atom. The van der Waals surface area contributed by atoms with Crippen molar-refractivity contribution >= 4 is 34.3 Å². The van der Waals surface area contributed by atoms with E-state index in [9.17, 15) is 4.79 Å². The molecule has 0 amide bonds.